The Morgan fingerprint density at radius 2 is 2.06 bits per heavy atom. The second-order valence-corrected chi connectivity index (χ2v) is 4.72. The number of rotatable bonds is 2. The number of carbonyl (C=O) groups is 1. The van der Waals surface area contributed by atoms with Gasteiger partial charge in [-0.15, -0.1) is 0 Å². The highest BCUT2D eigenvalue weighted by Gasteiger charge is 2.11. The molecule has 0 saturated heterocycles. The van der Waals surface area contributed by atoms with Crippen LogP contribution in [-0.4, -0.2) is 15.6 Å². The minimum atomic E-state index is -0.903. The molecule has 0 aliphatic rings. The van der Waals surface area contributed by atoms with Crippen LogP contribution in [0.4, 0.5) is 0 Å². The lowest BCUT2D eigenvalue weighted by Gasteiger charge is -2.05. The average molecular weight is 327 g/mol. The molecular weight excluding hydrogens is 317 g/mol. The molecule has 3 nitrogen and oxygen atoms in total. The first-order valence-electron chi connectivity index (χ1n) is 4.74. The molecule has 4 heteroatoms. The van der Waals surface area contributed by atoms with E-state index >= 15 is 0 Å². The van der Waals surface area contributed by atoms with Crippen LogP contribution in [0.3, 0.4) is 0 Å². The minimum Gasteiger partial charge on any atom is -0.477 e. The van der Waals surface area contributed by atoms with Crippen molar-refractivity contribution in [3.05, 3.63) is 45.7 Å². The molecule has 1 aromatic heterocycles. The van der Waals surface area contributed by atoms with Crippen LogP contribution in [0.2, 0.25) is 0 Å². The summed E-state index contributed by atoms with van der Waals surface area (Å²) in [5.41, 5.74) is 2.24. The Balaban J connectivity index is 2.53. The van der Waals surface area contributed by atoms with Crippen molar-refractivity contribution in [1.82, 2.24) is 4.57 Å². The van der Waals surface area contributed by atoms with Gasteiger partial charge in [0, 0.05) is 16.3 Å². The maximum atomic E-state index is 10.9. The SMILES string of the molecule is Cn1c(C(=O)O)ccc1-c1cccc(I)c1. The molecule has 2 aromatic rings. The highest BCUT2D eigenvalue weighted by Crippen LogP contribution is 2.23. The smallest absolute Gasteiger partial charge is 0.352 e. The number of nitrogens with zero attached hydrogens (tertiary/aromatic N) is 1. The van der Waals surface area contributed by atoms with Crippen molar-refractivity contribution in [2.24, 2.45) is 7.05 Å². The van der Waals surface area contributed by atoms with Crippen molar-refractivity contribution in [2.75, 3.05) is 0 Å². The predicted molar refractivity (Wildman–Crippen MR) is 70.5 cm³/mol. The number of aromatic nitrogens is 1. The lowest BCUT2D eigenvalue weighted by atomic mass is 10.1. The van der Waals surface area contributed by atoms with Crippen molar-refractivity contribution >= 4 is 28.6 Å². The summed E-state index contributed by atoms with van der Waals surface area (Å²) >= 11 is 2.24. The summed E-state index contributed by atoms with van der Waals surface area (Å²) < 4.78 is 2.82. The maximum absolute atomic E-state index is 10.9. The van der Waals surface area contributed by atoms with Gasteiger partial charge < -0.3 is 9.67 Å². The van der Waals surface area contributed by atoms with E-state index in [4.69, 9.17) is 5.11 Å². The van der Waals surface area contributed by atoms with Gasteiger partial charge in [-0.2, -0.15) is 0 Å². The molecule has 0 saturated carbocycles. The first kappa shape index (κ1) is 11.2. The molecule has 0 atom stereocenters. The number of aromatic carboxylic acids is 1. The lowest BCUT2D eigenvalue weighted by Crippen LogP contribution is -2.05. The van der Waals surface area contributed by atoms with E-state index in [-0.39, 0.29) is 0 Å². The molecule has 82 valence electrons. The van der Waals surface area contributed by atoms with Crippen molar-refractivity contribution in [3.8, 4) is 11.3 Å². The van der Waals surface area contributed by atoms with E-state index in [1.807, 2.05) is 30.3 Å². The molecule has 0 unspecified atom stereocenters. The molecule has 0 fully saturated rings. The van der Waals surface area contributed by atoms with E-state index < -0.39 is 5.97 Å². The summed E-state index contributed by atoms with van der Waals surface area (Å²) in [6.07, 6.45) is 0. The summed E-state index contributed by atoms with van der Waals surface area (Å²) in [7, 11) is 1.76. The standard InChI is InChI=1S/C12H10INO2/c1-14-10(5-6-11(14)12(15)16)8-3-2-4-9(13)7-8/h2-7H,1H3,(H,15,16). The lowest BCUT2D eigenvalue weighted by molar-refractivity contribution is 0.0687. The van der Waals surface area contributed by atoms with Gasteiger partial charge in [0.25, 0.3) is 0 Å². The molecule has 0 spiro atoms. The van der Waals surface area contributed by atoms with Gasteiger partial charge in [-0.1, -0.05) is 12.1 Å². The van der Waals surface area contributed by atoms with E-state index in [9.17, 15) is 4.79 Å². The van der Waals surface area contributed by atoms with Crippen LogP contribution in [0.5, 0.6) is 0 Å². The molecule has 16 heavy (non-hydrogen) atoms. The summed E-state index contributed by atoms with van der Waals surface area (Å²) in [6, 6.07) is 11.4. The number of carboxylic acid groups (broad SMARTS) is 1. The molecular formula is C12H10INO2. The molecule has 2 rings (SSSR count). The van der Waals surface area contributed by atoms with Gasteiger partial charge in [0.05, 0.1) is 0 Å². The molecule has 0 aliphatic heterocycles. The van der Waals surface area contributed by atoms with Gasteiger partial charge in [-0.25, -0.2) is 4.79 Å². The number of carboxylic acids is 1. The molecule has 1 aromatic carbocycles. The van der Waals surface area contributed by atoms with Gasteiger partial charge in [0.2, 0.25) is 0 Å². The summed E-state index contributed by atoms with van der Waals surface area (Å²) in [4.78, 5) is 10.9. The Morgan fingerprint density at radius 3 is 2.62 bits per heavy atom. The summed E-state index contributed by atoms with van der Waals surface area (Å²) in [6.45, 7) is 0. The third kappa shape index (κ3) is 1.97. The fourth-order valence-electron chi connectivity index (χ4n) is 1.66. The first-order valence-corrected chi connectivity index (χ1v) is 5.82. The van der Waals surface area contributed by atoms with Crippen molar-refractivity contribution in [1.29, 1.82) is 0 Å². The highest BCUT2D eigenvalue weighted by atomic mass is 127. The van der Waals surface area contributed by atoms with E-state index in [2.05, 4.69) is 22.6 Å². The highest BCUT2D eigenvalue weighted by molar-refractivity contribution is 14.1. The Bertz CT molecular complexity index is 546. The second kappa shape index (κ2) is 4.29. The number of halogens is 1. The number of benzene rings is 1. The van der Waals surface area contributed by atoms with Gasteiger partial charge in [-0.05, 0) is 52.4 Å². The predicted octanol–water partition coefficient (Wildman–Crippen LogP) is 2.99. The quantitative estimate of drug-likeness (QED) is 0.862. The Hall–Kier alpha value is -1.30. The topological polar surface area (TPSA) is 42.2 Å². The fraction of sp³-hybridized carbons (Fsp3) is 0.0833. The largest absolute Gasteiger partial charge is 0.477 e. The van der Waals surface area contributed by atoms with Crippen LogP contribution in [0.1, 0.15) is 10.5 Å². The Kier molecular flexibility index (Phi) is 3.00. The molecule has 1 heterocycles. The van der Waals surface area contributed by atoms with Crippen LogP contribution in [-0.2, 0) is 7.05 Å². The molecule has 0 amide bonds. The minimum absolute atomic E-state index is 0.300. The monoisotopic (exact) mass is 327 g/mol. The zero-order valence-corrected chi connectivity index (χ0v) is 10.8. The van der Waals surface area contributed by atoms with E-state index in [0.29, 0.717) is 5.69 Å². The van der Waals surface area contributed by atoms with Gasteiger partial charge in [0.15, 0.2) is 0 Å². The average Bonchev–Trinajstić information content (AvgIpc) is 2.60. The maximum Gasteiger partial charge on any atom is 0.352 e. The van der Waals surface area contributed by atoms with Crippen LogP contribution in [0.25, 0.3) is 11.3 Å². The van der Waals surface area contributed by atoms with Crippen LogP contribution >= 0.6 is 22.6 Å². The Labute approximate surface area is 107 Å². The summed E-state index contributed by atoms with van der Waals surface area (Å²) in [5.74, 6) is -0.903. The third-order valence-electron chi connectivity index (χ3n) is 2.46. The van der Waals surface area contributed by atoms with Crippen LogP contribution in [0.15, 0.2) is 36.4 Å². The third-order valence-corrected chi connectivity index (χ3v) is 3.13. The van der Waals surface area contributed by atoms with Crippen LogP contribution in [0, 0.1) is 3.57 Å². The zero-order chi connectivity index (χ0) is 11.7. The van der Waals surface area contributed by atoms with Crippen molar-refractivity contribution in [2.45, 2.75) is 0 Å². The van der Waals surface area contributed by atoms with E-state index in [1.54, 1.807) is 17.7 Å². The number of hydrogen-bond acceptors (Lipinski definition) is 1. The van der Waals surface area contributed by atoms with Gasteiger partial charge >= 0.3 is 5.97 Å². The van der Waals surface area contributed by atoms with Gasteiger partial charge in [0.1, 0.15) is 5.69 Å². The molecule has 1 N–H and O–H groups in total. The molecule has 0 aliphatic carbocycles. The van der Waals surface area contributed by atoms with Crippen molar-refractivity contribution < 1.29 is 9.90 Å². The summed E-state index contributed by atoms with van der Waals surface area (Å²) in [5, 5.41) is 8.96. The van der Waals surface area contributed by atoms with Gasteiger partial charge in [-0.3, -0.25) is 0 Å². The van der Waals surface area contributed by atoms with E-state index in [1.165, 1.54) is 0 Å². The number of hydrogen-bond donors (Lipinski definition) is 1. The van der Waals surface area contributed by atoms with Crippen LogP contribution < -0.4 is 0 Å². The molecule has 0 bridgehead atoms. The Morgan fingerprint density at radius 1 is 1.31 bits per heavy atom. The second-order valence-electron chi connectivity index (χ2n) is 3.48. The van der Waals surface area contributed by atoms with E-state index in [0.717, 1.165) is 14.8 Å². The zero-order valence-electron chi connectivity index (χ0n) is 8.64. The molecule has 0 radical (unpaired) electrons. The van der Waals surface area contributed by atoms with Crippen molar-refractivity contribution in [3.63, 3.8) is 0 Å². The fourth-order valence-corrected chi connectivity index (χ4v) is 2.21. The normalized spacial score (nSPS) is 10.4. The first-order chi connectivity index (χ1) is 7.59.